The molecule has 1 saturated heterocycles. The van der Waals surface area contributed by atoms with Crippen molar-refractivity contribution in [2.75, 3.05) is 31.5 Å². The quantitative estimate of drug-likeness (QED) is 0.754. The van der Waals surface area contributed by atoms with Gasteiger partial charge in [-0.05, 0) is 30.4 Å². The minimum absolute atomic E-state index is 0.0841. The molecule has 1 aromatic rings. The number of halogens is 2. The topological polar surface area (TPSA) is 39.7 Å². The van der Waals surface area contributed by atoms with Gasteiger partial charge in [0.25, 0.3) is 0 Å². The molecule has 1 fully saturated rings. The van der Waals surface area contributed by atoms with Crippen molar-refractivity contribution < 1.29 is 0 Å². The monoisotopic (exact) mass is 348 g/mol. The molecule has 0 saturated carbocycles. The first-order valence-electron chi connectivity index (χ1n) is 7.86. The van der Waals surface area contributed by atoms with E-state index in [4.69, 9.17) is 28.2 Å². The lowest BCUT2D eigenvalue weighted by molar-refractivity contribution is 0.344. The van der Waals surface area contributed by atoms with E-state index in [0.29, 0.717) is 5.02 Å². The highest BCUT2D eigenvalue weighted by Crippen LogP contribution is 2.36. The molecule has 0 amide bonds. The number of hydrogen-bond acceptors (Lipinski definition) is 4. The Balaban J connectivity index is 1.79. The zero-order valence-electron chi connectivity index (χ0n) is 12.6. The van der Waals surface area contributed by atoms with Crippen LogP contribution in [0.15, 0.2) is 46.5 Å². The fourth-order valence-corrected chi connectivity index (χ4v) is 3.68. The minimum Gasteiger partial charge on any atom is -0.376 e. The van der Waals surface area contributed by atoms with E-state index in [1.165, 1.54) is 0 Å². The van der Waals surface area contributed by atoms with Crippen molar-refractivity contribution in [1.29, 1.82) is 0 Å². The van der Waals surface area contributed by atoms with E-state index in [0.717, 1.165) is 48.4 Å². The fraction of sp³-hybridized carbons (Fsp3) is 0.353. The number of nitrogens with one attached hydrogen (secondary N) is 2. The van der Waals surface area contributed by atoms with Crippen molar-refractivity contribution in [3.05, 3.63) is 46.5 Å². The molecule has 0 radical (unpaired) electrons. The second-order valence-electron chi connectivity index (χ2n) is 5.98. The maximum absolute atomic E-state index is 6.23. The summed E-state index contributed by atoms with van der Waals surface area (Å²) in [5.74, 6) is 1.27. The molecule has 23 heavy (non-hydrogen) atoms. The van der Waals surface area contributed by atoms with Gasteiger partial charge >= 0.3 is 0 Å². The number of rotatable bonds is 0. The molecule has 3 aliphatic rings. The lowest BCUT2D eigenvalue weighted by atomic mass is 9.92. The van der Waals surface area contributed by atoms with Crippen LogP contribution in [0.4, 0.5) is 11.4 Å². The van der Waals surface area contributed by atoms with Gasteiger partial charge in [0, 0.05) is 36.2 Å². The number of allylic oxidation sites excluding steroid dienone is 2. The number of amidine groups is 1. The average molecular weight is 349 g/mol. The highest BCUT2D eigenvalue weighted by molar-refractivity contribution is 6.31. The predicted molar refractivity (Wildman–Crippen MR) is 97.0 cm³/mol. The van der Waals surface area contributed by atoms with Gasteiger partial charge < -0.3 is 15.5 Å². The number of fused-ring (bicyclic) bond motifs is 2. The van der Waals surface area contributed by atoms with Gasteiger partial charge in [-0.25, -0.2) is 4.99 Å². The second kappa shape index (κ2) is 6.19. The van der Waals surface area contributed by atoms with Crippen LogP contribution >= 0.6 is 23.2 Å². The van der Waals surface area contributed by atoms with E-state index in [1.54, 1.807) is 0 Å². The highest BCUT2D eigenvalue weighted by atomic mass is 35.5. The Hall–Kier alpha value is -1.49. The largest absolute Gasteiger partial charge is 0.376 e. The Morgan fingerprint density at radius 1 is 1.17 bits per heavy atom. The molecule has 120 valence electrons. The summed E-state index contributed by atoms with van der Waals surface area (Å²) in [4.78, 5) is 7.36. The van der Waals surface area contributed by atoms with Gasteiger partial charge in [-0.2, -0.15) is 0 Å². The maximum Gasteiger partial charge on any atom is 0.114 e. The number of nitrogens with zero attached hydrogens (tertiary/aromatic N) is 2. The Bertz CT molecular complexity index is 705. The molecule has 0 bridgehead atoms. The highest BCUT2D eigenvalue weighted by Gasteiger charge is 2.32. The van der Waals surface area contributed by atoms with Crippen LogP contribution in [0.2, 0.25) is 5.02 Å². The van der Waals surface area contributed by atoms with E-state index in [-0.39, 0.29) is 12.0 Å². The normalized spacial score (nSPS) is 26.4. The fourth-order valence-electron chi connectivity index (χ4n) is 3.30. The smallest absolute Gasteiger partial charge is 0.114 e. The third-order valence-corrected chi connectivity index (χ3v) is 4.93. The van der Waals surface area contributed by atoms with E-state index < -0.39 is 0 Å². The van der Waals surface area contributed by atoms with Gasteiger partial charge in [-0.1, -0.05) is 29.3 Å². The van der Waals surface area contributed by atoms with Crippen molar-refractivity contribution in [3.63, 3.8) is 0 Å². The van der Waals surface area contributed by atoms with Crippen molar-refractivity contribution in [2.45, 2.75) is 6.04 Å². The molecular formula is C17H18Cl2N4. The second-order valence-corrected chi connectivity index (χ2v) is 6.85. The Morgan fingerprint density at radius 2 is 2.00 bits per heavy atom. The molecule has 2 heterocycles. The number of hydrogen-bond donors (Lipinski definition) is 2. The van der Waals surface area contributed by atoms with Gasteiger partial charge in [-0.3, -0.25) is 0 Å². The lowest BCUT2D eigenvalue weighted by Gasteiger charge is -2.35. The summed E-state index contributed by atoms with van der Waals surface area (Å²) in [6, 6.07) is 5.87. The Morgan fingerprint density at radius 3 is 2.83 bits per heavy atom. The maximum atomic E-state index is 6.23. The van der Waals surface area contributed by atoms with E-state index in [2.05, 4.69) is 27.7 Å². The summed E-state index contributed by atoms with van der Waals surface area (Å²) in [6.45, 7) is 3.90. The number of anilines is 1. The Labute approximate surface area is 145 Å². The number of piperazine rings is 1. The summed E-state index contributed by atoms with van der Waals surface area (Å²) in [6.07, 6.45) is 6.17. The lowest BCUT2D eigenvalue weighted by Crippen LogP contribution is -2.50. The van der Waals surface area contributed by atoms with Crippen LogP contribution in [0, 0.1) is 5.92 Å². The molecule has 4 nitrogen and oxygen atoms in total. The first-order chi connectivity index (χ1) is 11.2. The van der Waals surface area contributed by atoms with E-state index in [9.17, 15) is 0 Å². The summed E-state index contributed by atoms with van der Waals surface area (Å²) in [5.41, 5.74) is 1.88. The van der Waals surface area contributed by atoms with Crippen LogP contribution in [0.5, 0.6) is 0 Å². The molecule has 2 unspecified atom stereocenters. The van der Waals surface area contributed by atoms with Gasteiger partial charge in [0.1, 0.15) is 5.84 Å². The van der Waals surface area contributed by atoms with Crippen LogP contribution in [0.1, 0.15) is 0 Å². The van der Waals surface area contributed by atoms with Gasteiger partial charge in [0.2, 0.25) is 0 Å². The van der Waals surface area contributed by atoms with Gasteiger partial charge in [0.15, 0.2) is 0 Å². The number of aliphatic imine (C=N–C) groups is 1. The summed E-state index contributed by atoms with van der Waals surface area (Å²) >= 11 is 12.4. The molecule has 2 aliphatic heterocycles. The summed E-state index contributed by atoms with van der Waals surface area (Å²) < 4.78 is 0. The van der Waals surface area contributed by atoms with E-state index >= 15 is 0 Å². The zero-order valence-corrected chi connectivity index (χ0v) is 14.1. The van der Waals surface area contributed by atoms with Gasteiger partial charge in [-0.15, -0.1) is 0 Å². The molecule has 0 spiro atoms. The molecule has 1 aromatic carbocycles. The summed E-state index contributed by atoms with van der Waals surface area (Å²) in [5, 5.41) is 8.40. The zero-order chi connectivity index (χ0) is 15.8. The molecule has 4 rings (SSSR count). The van der Waals surface area contributed by atoms with Gasteiger partial charge in [0.05, 0.1) is 23.3 Å². The molecule has 6 heteroatoms. The first kappa shape index (κ1) is 15.1. The molecular weight excluding hydrogens is 331 g/mol. The Kier molecular flexibility index (Phi) is 4.05. The molecule has 1 aliphatic carbocycles. The van der Waals surface area contributed by atoms with Crippen molar-refractivity contribution in [3.8, 4) is 0 Å². The van der Waals surface area contributed by atoms with Crippen LogP contribution in [-0.4, -0.2) is 43.0 Å². The van der Waals surface area contributed by atoms with Crippen molar-refractivity contribution in [1.82, 2.24) is 10.2 Å². The molecule has 2 N–H and O–H groups in total. The third-order valence-electron chi connectivity index (χ3n) is 4.44. The standard InChI is InChI=1S/C17H18Cl2N4/c18-11-1-3-13-15(9-11)21-16-10-12(19)2-4-14(16)22-17(13)23-7-5-20-6-8-23/h1-4,9-10,13,15,20-21H,5-8H2. The van der Waals surface area contributed by atoms with Crippen LogP contribution < -0.4 is 10.6 Å². The van der Waals surface area contributed by atoms with Crippen LogP contribution in [-0.2, 0) is 0 Å². The van der Waals surface area contributed by atoms with Crippen molar-refractivity contribution in [2.24, 2.45) is 10.9 Å². The van der Waals surface area contributed by atoms with Crippen molar-refractivity contribution >= 4 is 40.4 Å². The molecule has 2 atom stereocenters. The van der Waals surface area contributed by atoms with Crippen LogP contribution in [0.25, 0.3) is 0 Å². The van der Waals surface area contributed by atoms with Crippen LogP contribution in [0.3, 0.4) is 0 Å². The van der Waals surface area contributed by atoms with E-state index in [1.807, 2.05) is 24.3 Å². The third kappa shape index (κ3) is 2.99. The average Bonchev–Trinajstić information content (AvgIpc) is 2.71. The summed E-state index contributed by atoms with van der Waals surface area (Å²) in [7, 11) is 0. The SMILES string of the molecule is ClC1=CC2Nc3cc(Cl)ccc3N=C(N3CCNCC3)C2C=C1. The predicted octanol–water partition coefficient (Wildman–Crippen LogP) is 3.38. The number of benzene rings is 1. The minimum atomic E-state index is 0.0841. The molecule has 0 aromatic heterocycles. The first-order valence-corrected chi connectivity index (χ1v) is 8.62.